The van der Waals surface area contributed by atoms with E-state index in [1.807, 2.05) is 6.07 Å². The van der Waals surface area contributed by atoms with Gasteiger partial charge in [0, 0.05) is 25.7 Å². The van der Waals surface area contributed by atoms with Gasteiger partial charge in [-0.25, -0.2) is 4.79 Å². The number of nitrogens with one attached hydrogen (secondary N) is 1. The molecule has 0 unspecified atom stereocenters. The van der Waals surface area contributed by atoms with Crippen molar-refractivity contribution in [1.82, 2.24) is 9.80 Å². The highest BCUT2D eigenvalue weighted by Crippen LogP contribution is 2.12. The van der Waals surface area contributed by atoms with Crippen molar-refractivity contribution in [1.29, 1.82) is 5.26 Å². The van der Waals surface area contributed by atoms with Crippen LogP contribution in [0.5, 0.6) is 0 Å². The lowest BCUT2D eigenvalue weighted by Gasteiger charge is -2.13. The zero-order chi connectivity index (χ0) is 16.1. The lowest BCUT2D eigenvalue weighted by atomic mass is 10.2. The maximum atomic E-state index is 11.8. The third-order valence-electron chi connectivity index (χ3n) is 3.29. The number of likely N-dealkylation sites (N-methyl/N-ethyl adjacent to an activating group) is 1. The normalized spacial score (nSPS) is 14.2. The van der Waals surface area contributed by atoms with E-state index < -0.39 is 0 Å². The second-order valence-corrected chi connectivity index (χ2v) is 5.03. The summed E-state index contributed by atoms with van der Waals surface area (Å²) in [6.07, 6.45) is 0.590. The molecule has 1 saturated heterocycles. The first-order valence-electron chi connectivity index (χ1n) is 6.86. The van der Waals surface area contributed by atoms with Crippen molar-refractivity contribution in [3.8, 4) is 6.07 Å². The average Bonchev–Trinajstić information content (AvgIpc) is 2.73. The van der Waals surface area contributed by atoms with Gasteiger partial charge in [0.05, 0.1) is 11.6 Å². The summed E-state index contributed by atoms with van der Waals surface area (Å²) >= 11 is 0. The van der Waals surface area contributed by atoms with Crippen molar-refractivity contribution in [2.24, 2.45) is 0 Å². The molecule has 0 atom stereocenters. The number of hydrogen-bond acceptors (Lipinski definition) is 4. The van der Waals surface area contributed by atoms with E-state index in [0.29, 0.717) is 17.7 Å². The average molecular weight is 300 g/mol. The third-order valence-corrected chi connectivity index (χ3v) is 3.29. The molecule has 0 aliphatic carbocycles. The van der Waals surface area contributed by atoms with E-state index in [4.69, 9.17) is 5.26 Å². The fraction of sp³-hybridized carbons (Fsp3) is 0.333. The summed E-state index contributed by atoms with van der Waals surface area (Å²) in [4.78, 5) is 37.5. The molecular formula is C15H16N4O3. The summed E-state index contributed by atoms with van der Waals surface area (Å²) in [6, 6.07) is 8.29. The Morgan fingerprint density at radius 2 is 2.18 bits per heavy atom. The first-order chi connectivity index (χ1) is 10.5. The fourth-order valence-corrected chi connectivity index (χ4v) is 2.18. The molecule has 1 aliphatic heterocycles. The van der Waals surface area contributed by atoms with E-state index in [2.05, 4.69) is 5.32 Å². The SMILES string of the molecule is CN1CC(=O)N(CCCC(=O)Nc2cccc(C#N)c2)C1=O. The molecule has 2 rings (SSSR count). The smallest absolute Gasteiger partial charge is 0.326 e. The quantitative estimate of drug-likeness (QED) is 0.826. The Balaban J connectivity index is 1.80. The number of nitrogens with zero attached hydrogens (tertiary/aromatic N) is 3. The molecule has 1 N–H and O–H groups in total. The number of rotatable bonds is 5. The zero-order valence-corrected chi connectivity index (χ0v) is 12.2. The van der Waals surface area contributed by atoms with Crippen LogP contribution in [0.25, 0.3) is 0 Å². The molecule has 22 heavy (non-hydrogen) atoms. The van der Waals surface area contributed by atoms with Crippen LogP contribution in [0.4, 0.5) is 10.5 Å². The summed E-state index contributed by atoms with van der Waals surface area (Å²) in [5.74, 6) is -0.461. The van der Waals surface area contributed by atoms with Crippen LogP contribution in [0.1, 0.15) is 18.4 Å². The predicted molar refractivity (Wildman–Crippen MR) is 78.8 cm³/mol. The number of carbonyl (C=O) groups excluding carboxylic acids is 3. The van der Waals surface area contributed by atoms with Crippen molar-refractivity contribution < 1.29 is 14.4 Å². The Morgan fingerprint density at radius 1 is 1.41 bits per heavy atom. The minimum atomic E-state index is -0.327. The van der Waals surface area contributed by atoms with Crippen LogP contribution in [0.3, 0.4) is 0 Å². The Morgan fingerprint density at radius 3 is 2.82 bits per heavy atom. The largest absolute Gasteiger partial charge is 0.326 e. The van der Waals surface area contributed by atoms with Crippen LogP contribution < -0.4 is 5.32 Å². The summed E-state index contributed by atoms with van der Waals surface area (Å²) < 4.78 is 0. The van der Waals surface area contributed by atoms with Crippen LogP contribution in [-0.4, -0.2) is 47.8 Å². The molecule has 1 aromatic rings. The second-order valence-electron chi connectivity index (χ2n) is 5.03. The highest BCUT2D eigenvalue weighted by atomic mass is 16.2. The van der Waals surface area contributed by atoms with Gasteiger partial charge in [0.25, 0.3) is 0 Å². The Hall–Kier alpha value is -2.88. The summed E-state index contributed by atoms with van der Waals surface area (Å²) in [5, 5.41) is 11.5. The number of imide groups is 1. The van der Waals surface area contributed by atoms with Crippen molar-refractivity contribution in [2.75, 3.05) is 25.5 Å². The highest BCUT2D eigenvalue weighted by Gasteiger charge is 2.32. The summed E-state index contributed by atoms with van der Waals surface area (Å²) in [7, 11) is 1.56. The van der Waals surface area contributed by atoms with Gasteiger partial charge in [-0.05, 0) is 24.6 Å². The van der Waals surface area contributed by atoms with E-state index in [1.54, 1.807) is 31.3 Å². The molecule has 7 heteroatoms. The molecule has 0 saturated carbocycles. The molecule has 0 radical (unpaired) electrons. The zero-order valence-electron chi connectivity index (χ0n) is 12.2. The monoisotopic (exact) mass is 300 g/mol. The summed E-state index contributed by atoms with van der Waals surface area (Å²) in [6.45, 7) is 0.319. The molecule has 1 aromatic carbocycles. The number of carbonyl (C=O) groups is 3. The Bertz CT molecular complexity index is 650. The molecule has 4 amide bonds. The molecule has 0 bridgehead atoms. The lowest BCUT2D eigenvalue weighted by molar-refractivity contribution is -0.125. The van der Waals surface area contributed by atoms with Crippen LogP contribution in [0.2, 0.25) is 0 Å². The van der Waals surface area contributed by atoms with Crippen LogP contribution >= 0.6 is 0 Å². The number of benzene rings is 1. The second kappa shape index (κ2) is 6.72. The van der Waals surface area contributed by atoms with Gasteiger partial charge < -0.3 is 10.2 Å². The van der Waals surface area contributed by atoms with Gasteiger partial charge >= 0.3 is 6.03 Å². The molecule has 1 aliphatic rings. The van der Waals surface area contributed by atoms with Gasteiger partial charge in [-0.2, -0.15) is 5.26 Å². The maximum absolute atomic E-state index is 11.8. The standard InChI is InChI=1S/C15H16N4O3/c1-18-10-14(21)19(15(18)22)7-3-6-13(20)17-12-5-2-4-11(8-12)9-16/h2,4-5,8H,3,6-7,10H2,1H3,(H,17,20). The van der Waals surface area contributed by atoms with E-state index in [1.165, 1.54) is 4.90 Å². The number of urea groups is 1. The van der Waals surface area contributed by atoms with Crippen LogP contribution in [-0.2, 0) is 9.59 Å². The molecular weight excluding hydrogens is 284 g/mol. The minimum absolute atomic E-state index is 0.0893. The van der Waals surface area contributed by atoms with E-state index in [9.17, 15) is 14.4 Å². The van der Waals surface area contributed by atoms with Gasteiger partial charge in [0.2, 0.25) is 11.8 Å². The van der Waals surface area contributed by atoms with Gasteiger partial charge in [-0.3, -0.25) is 14.5 Å². The molecule has 1 fully saturated rings. The number of anilines is 1. The predicted octanol–water partition coefficient (Wildman–Crippen LogP) is 1.17. The third kappa shape index (κ3) is 3.61. The first kappa shape index (κ1) is 15.5. The Kier molecular flexibility index (Phi) is 4.73. The maximum Gasteiger partial charge on any atom is 0.326 e. The van der Waals surface area contributed by atoms with Gasteiger partial charge in [-0.15, -0.1) is 0 Å². The van der Waals surface area contributed by atoms with Gasteiger partial charge in [0.1, 0.15) is 6.54 Å². The molecule has 1 heterocycles. The molecule has 114 valence electrons. The molecule has 0 spiro atoms. The van der Waals surface area contributed by atoms with Gasteiger partial charge in [0.15, 0.2) is 0 Å². The van der Waals surface area contributed by atoms with Crippen molar-refractivity contribution >= 4 is 23.5 Å². The fourth-order valence-electron chi connectivity index (χ4n) is 2.18. The number of hydrogen-bond donors (Lipinski definition) is 1. The van der Waals surface area contributed by atoms with E-state index >= 15 is 0 Å². The van der Waals surface area contributed by atoms with Crippen molar-refractivity contribution in [3.05, 3.63) is 29.8 Å². The first-order valence-corrected chi connectivity index (χ1v) is 6.86. The van der Waals surface area contributed by atoms with Crippen LogP contribution in [0, 0.1) is 11.3 Å². The van der Waals surface area contributed by atoms with E-state index in [0.717, 1.165) is 4.90 Å². The number of amides is 4. The number of nitriles is 1. The minimum Gasteiger partial charge on any atom is -0.326 e. The van der Waals surface area contributed by atoms with E-state index in [-0.39, 0.29) is 37.4 Å². The molecule has 7 nitrogen and oxygen atoms in total. The van der Waals surface area contributed by atoms with Crippen molar-refractivity contribution in [2.45, 2.75) is 12.8 Å². The lowest BCUT2D eigenvalue weighted by Crippen LogP contribution is -2.32. The van der Waals surface area contributed by atoms with Gasteiger partial charge in [-0.1, -0.05) is 6.07 Å². The van der Waals surface area contributed by atoms with Crippen LogP contribution in [0.15, 0.2) is 24.3 Å². The molecule has 0 aromatic heterocycles. The Labute approximate surface area is 128 Å². The van der Waals surface area contributed by atoms with Crippen molar-refractivity contribution in [3.63, 3.8) is 0 Å². The topological polar surface area (TPSA) is 93.5 Å². The summed E-state index contributed by atoms with van der Waals surface area (Å²) in [5.41, 5.74) is 1.02. The highest BCUT2D eigenvalue weighted by molar-refractivity contribution is 6.01.